The van der Waals surface area contributed by atoms with Gasteiger partial charge in [-0.2, -0.15) is 5.10 Å². The number of hydrogen-bond acceptors (Lipinski definition) is 4. The number of rotatable bonds is 5. The van der Waals surface area contributed by atoms with E-state index in [0.717, 1.165) is 5.56 Å². The number of amides is 1. The summed E-state index contributed by atoms with van der Waals surface area (Å²) in [5.41, 5.74) is 4.01. The maximum Gasteiger partial charge on any atom is 0.307 e. The molecule has 0 unspecified atom stereocenters. The van der Waals surface area contributed by atoms with Crippen LogP contribution in [0.15, 0.2) is 82.7 Å². The number of aromatic nitrogens is 2. The molecule has 0 atom stereocenters. The number of nitrogens with one attached hydrogen (secondary N) is 1. The molecule has 0 saturated carbocycles. The molecule has 31 heavy (non-hydrogen) atoms. The van der Waals surface area contributed by atoms with Gasteiger partial charge in [0.1, 0.15) is 0 Å². The van der Waals surface area contributed by atoms with E-state index in [1.165, 1.54) is 10.8 Å². The van der Waals surface area contributed by atoms with Gasteiger partial charge in [-0.05, 0) is 29.8 Å². The molecule has 0 aliphatic heterocycles. The first-order chi connectivity index (χ1) is 15.0. The van der Waals surface area contributed by atoms with Gasteiger partial charge >= 0.3 is 5.91 Å². The van der Waals surface area contributed by atoms with Gasteiger partial charge in [0.05, 0.1) is 28.7 Å². The number of carbonyl (C=O) groups is 1. The summed E-state index contributed by atoms with van der Waals surface area (Å²) in [4.78, 5) is 30.4. The normalized spacial score (nSPS) is 11.2. The fraction of sp³-hybridized carbons (Fsp3) is 0.0435. The molecule has 0 bridgehead atoms. The van der Waals surface area contributed by atoms with Crippen molar-refractivity contribution < 1.29 is 4.79 Å². The third-order valence-corrected chi connectivity index (χ3v) is 5.14. The quantitative estimate of drug-likeness (QED) is 0.358. The summed E-state index contributed by atoms with van der Waals surface area (Å²) in [6.45, 7) is 0.201. The lowest BCUT2D eigenvalue weighted by Gasteiger charge is -2.12. The van der Waals surface area contributed by atoms with Crippen LogP contribution in [0.2, 0.25) is 10.0 Å². The van der Waals surface area contributed by atoms with Crippen molar-refractivity contribution in [2.75, 3.05) is 0 Å². The van der Waals surface area contributed by atoms with Crippen LogP contribution >= 0.6 is 23.2 Å². The van der Waals surface area contributed by atoms with Gasteiger partial charge in [-0.15, -0.1) is 0 Å². The molecule has 0 aliphatic carbocycles. The van der Waals surface area contributed by atoms with E-state index in [1.54, 1.807) is 42.5 Å². The van der Waals surface area contributed by atoms with Gasteiger partial charge in [-0.1, -0.05) is 71.7 Å². The van der Waals surface area contributed by atoms with E-state index in [2.05, 4.69) is 15.5 Å². The molecule has 154 valence electrons. The molecule has 0 radical (unpaired) electrons. The number of fused-ring (bicyclic) bond motifs is 1. The molecule has 4 aromatic rings. The molecule has 6 nitrogen and oxygen atoms in total. The standard InChI is InChI=1S/C23H16Cl2N4O2/c24-17-11-10-16(19(25)12-17)13-26-28-22(30)21-27-20-9-5-4-8-18(20)23(31)29(21)14-15-6-2-1-3-7-15/h1-13H,14H2,(H,28,30)/b26-13-. The molecule has 1 aromatic heterocycles. The third kappa shape index (κ3) is 4.66. The van der Waals surface area contributed by atoms with E-state index < -0.39 is 5.91 Å². The fourth-order valence-corrected chi connectivity index (χ4v) is 3.53. The Morgan fingerprint density at radius 1 is 1.03 bits per heavy atom. The summed E-state index contributed by atoms with van der Waals surface area (Å²) in [5, 5.41) is 5.29. The van der Waals surface area contributed by atoms with Crippen molar-refractivity contribution in [3.8, 4) is 0 Å². The fourth-order valence-electron chi connectivity index (χ4n) is 3.07. The maximum atomic E-state index is 13.1. The molecule has 1 N–H and O–H groups in total. The highest BCUT2D eigenvalue weighted by molar-refractivity contribution is 6.36. The molecule has 0 fully saturated rings. The first-order valence-corrected chi connectivity index (χ1v) is 10.1. The van der Waals surface area contributed by atoms with Crippen LogP contribution < -0.4 is 11.0 Å². The molecule has 8 heteroatoms. The summed E-state index contributed by atoms with van der Waals surface area (Å²) < 4.78 is 1.35. The molecular formula is C23H16Cl2N4O2. The van der Waals surface area contributed by atoms with Crippen LogP contribution in [-0.2, 0) is 6.54 Å². The Kier molecular flexibility index (Phi) is 6.11. The molecule has 0 saturated heterocycles. The predicted molar refractivity (Wildman–Crippen MR) is 123 cm³/mol. The molecule has 1 amide bonds. The number of para-hydroxylation sites is 1. The molecule has 0 spiro atoms. The van der Waals surface area contributed by atoms with E-state index in [1.807, 2.05) is 30.3 Å². The van der Waals surface area contributed by atoms with Crippen molar-refractivity contribution in [1.82, 2.24) is 15.0 Å². The topological polar surface area (TPSA) is 76.3 Å². The van der Waals surface area contributed by atoms with Crippen molar-refractivity contribution in [2.24, 2.45) is 5.10 Å². The van der Waals surface area contributed by atoms with Gasteiger partial charge < -0.3 is 0 Å². The summed E-state index contributed by atoms with van der Waals surface area (Å²) in [5.74, 6) is -0.646. The Morgan fingerprint density at radius 2 is 1.77 bits per heavy atom. The lowest BCUT2D eigenvalue weighted by Crippen LogP contribution is -2.32. The van der Waals surface area contributed by atoms with E-state index in [9.17, 15) is 9.59 Å². The zero-order valence-corrected chi connectivity index (χ0v) is 17.6. The highest BCUT2D eigenvalue weighted by Crippen LogP contribution is 2.19. The molecule has 4 rings (SSSR count). The van der Waals surface area contributed by atoms with Gasteiger partial charge in [-0.25, -0.2) is 10.4 Å². The van der Waals surface area contributed by atoms with Gasteiger partial charge in [0.25, 0.3) is 5.56 Å². The highest BCUT2D eigenvalue weighted by Gasteiger charge is 2.17. The van der Waals surface area contributed by atoms with E-state index >= 15 is 0 Å². The predicted octanol–water partition coefficient (Wildman–Crippen LogP) is 4.52. The molecular weight excluding hydrogens is 435 g/mol. The zero-order chi connectivity index (χ0) is 21.8. The van der Waals surface area contributed by atoms with Crippen LogP contribution in [0.25, 0.3) is 10.9 Å². The van der Waals surface area contributed by atoms with Crippen LogP contribution in [0, 0.1) is 0 Å². The number of nitrogens with zero attached hydrogens (tertiary/aromatic N) is 3. The van der Waals surface area contributed by atoms with Crippen molar-refractivity contribution in [3.63, 3.8) is 0 Å². The van der Waals surface area contributed by atoms with Gasteiger partial charge in [-0.3, -0.25) is 14.2 Å². The summed E-state index contributed by atoms with van der Waals surface area (Å²) >= 11 is 12.0. The first kappa shape index (κ1) is 20.8. The molecule has 3 aromatic carbocycles. The first-order valence-electron chi connectivity index (χ1n) is 9.35. The second-order valence-corrected chi connectivity index (χ2v) is 7.54. The highest BCUT2D eigenvalue weighted by atomic mass is 35.5. The number of hydrazone groups is 1. The Labute approximate surface area is 187 Å². The largest absolute Gasteiger partial charge is 0.307 e. The van der Waals surface area contributed by atoms with Crippen LogP contribution in [0.4, 0.5) is 0 Å². The minimum atomic E-state index is -0.611. The molecule has 0 aliphatic rings. The van der Waals surface area contributed by atoms with Crippen molar-refractivity contribution in [1.29, 1.82) is 0 Å². The maximum absolute atomic E-state index is 13.1. The van der Waals surface area contributed by atoms with Crippen LogP contribution in [0.3, 0.4) is 0 Å². The Morgan fingerprint density at radius 3 is 2.55 bits per heavy atom. The summed E-state index contributed by atoms with van der Waals surface area (Å²) in [6.07, 6.45) is 1.40. The lowest BCUT2D eigenvalue weighted by molar-refractivity contribution is 0.0939. The van der Waals surface area contributed by atoms with Crippen LogP contribution in [0.1, 0.15) is 21.7 Å². The summed E-state index contributed by atoms with van der Waals surface area (Å²) in [6, 6.07) is 21.2. The second kappa shape index (κ2) is 9.12. The van der Waals surface area contributed by atoms with Crippen molar-refractivity contribution in [3.05, 3.63) is 110 Å². The number of halogens is 2. The van der Waals surface area contributed by atoms with Crippen molar-refractivity contribution >= 4 is 46.2 Å². The smallest absolute Gasteiger partial charge is 0.283 e. The van der Waals surface area contributed by atoms with E-state index in [4.69, 9.17) is 23.2 Å². The number of benzene rings is 3. The van der Waals surface area contributed by atoms with E-state index in [0.29, 0.717) is 26.5 Å². The number of carbonyl (C=O) groups excluding carboxylic acids is 1. The van der Waals surface area contributed by atoms with Crippen molar-refractivity contribution in [2.45, 2.75) is 6.54 Å². The van der Waals surface area contributed by atoms with Gasteiger partial charge in [0.2, 0.25) is 5.82 Å². The van der Waals surface area contributed by atoms with Crippen LogP contribution in [0.5, 0.6) is 0 Å². The molecule has 1 heterocycles. The minimum absolute atomic E-state index is 0.0353. The Balaban J connectivity index is 1.69. The average Bonchev–Trinajstić information content (AvgIpc) is 2.77. The average molecular weight is 451 g/mol. The Bertz CT molecular complexity index is 1350. The third-order valence-electron chi connectivity index (χ3n) is 4.58. The SMILES string of the molecule is O=C(N/N=C\c1ccc(Cl)cc1Cl)c1nc2ccccc2c(=O)n1Cc1ccccc1. The second-order valence-electron chi connectivity index (χ2n) is 6.69. The zero-order valence-electron chi connectivity index (χ0n) is 16.1. The summed E-state index contributed by atoms with van der Waals surface area (Å²) in [7, 11) is 0. The lowest BCUT2D eigenvalue weighted by atomic mass is 10.2. The van der Waals surface area contributed by atoms with Crippen LogP contribution in [-0.4, -0.2) is 21.7 Å². The van der Waals surface area contributed by atoms with Gasteiger partial charge in [0, 0.05) is 10.6 Å². The monoisotopic (exact) mass is 450 g/mol. The number of hydrogen-bond donors (Lipinski definition) is 1. The Hall–Kier alpha value is -3.48. The van der Waals surface area contributed by atoms with Gasteiger partial charge in [0.15, 0.2) is 0 Å². The minimum Gasteiger partial charge on any atom is -0.283 e. The van der Waals surface area contributed by atoms with E-state index in [-0.39, 0.29) is 17.9 Å².